The van der Waals surface area contributed by atoms with E-state index in [-0.39, 0.29) is 36.4 Å². The topological polar surface area (TPSA) is 119 Å². The average Bonchev–Trinajstić information content (AvgIpc) is 3.14. The molecule has 0 bridgehead atoms. The normalized spacial score (nSPS) is 15.7. The number of nitrogens with zero attached hydrogens (tertiary/aromatic N) is 2. The van der Waals surface area contributed by atoms with E-state index in [1.807, 2.05) is 13.8 Å². The van der Waals surface area contributed by atoms with Gasteiger partial charge in [0.2, 0.25) is 11.8 Å². The van der Waals surface area contributed by atoms with Gasteiger partial charge in [-0.3, -0.25) is 19.7 Å². The van der Waals surface area contributed by atoms with Crippen LogP contribution in [0, 0.1) is 28.9 Å². The van der Waals surface area contributed by atoms with Crippen LogP contribution in [0.25, 0.3) is 0 Å². The lowest BCUT2D eigenvalue weighted by molar-refractivity contribution is -0.385. The third-order valence-corrected chi connectivity index (χ3v) is 5.13. The number of carbonyl (C=O) groups is 3. The summed E-state index contributed by atoms with van der Waals surface area (Å²) < 4.78 is 5.18. The van der Waals surface area contributed by atoms with Crippen LogP contribution >= 0.6 is 0 Å². The maximum Gasteiger partial charge on any atom is 0.338 e. The SMILES string of the molecule is Cc1ccc(N2C[C@H](C(=O)Nc3ccc(C(=O)OCC(C)C)cc3)CC2=O)cc1[N+](=O)[O-]. The Morgan fingerprint density at radius 3 is 2.53 bits per heavy atom. The minimum Gasteiger partial charge on any atom is -0.462 e. The van der Waals surface area contributed by atoms with E-state index in [0.717, 1.165) is 0 Å². The lowest BCUT2D eigenvalue weighted by Gasteiger charge is -2.17. The molecule has 0 aromatic heterocycles. The lowest BCUT2D eigenvalue weighted by atomic mass is 10.1. The highest BCUT2D eigenvalue weighted by Gasteiger charge is 2.35. The van der Waals surface area contributed by atoms with E-state index >= 15 is 0 Å². The Morgan fingerprint density at radius 2 is 1.91 bits per heavy atom. The second kappa shape index (κ2) is 9.59. The number of nitro groups is 1. The van der Waals surface area contributed by atoms with Crippen LogP contribution in [-0.4, -0.2) is 35.9 Å². The molecule has 0 aliphatic carbocycles. The second-order valence-corrected chi connectivity index (χ2v) is 8.19. The van der Waals surface area contributed by atoms with Gasteiger partial charge in [0.25, 0.3) is 5.69 Å². The van der Waals surface area contributed by atoms with Gasteiger partial charge < -0.3 is 15.0 Å². The molecular weight excluding hydrogens is 414 g/mol. The van der Waals surface area contributed by atoms with Gasteiger partial charge in [-0.15, -0.1) is 0 Å². The van der Waals surface area contributed by atoms with Crippen LogP contribution in [0.3, 0.4) is 0 Å². The van der Waals surface area contributed by atoms with E-state index in [2.05, 4.69) is 5.32 Å². The summed E-state index contributed by atoms with van der Waals surface area (Å²) in [6.45, 7) is 5.97. The Labute approximate surface area is 185 Å². The van der Waals surface area contributed by atoms with Crippen LogP contribution in [0.1, 0.15) is 36.2 Å². The Balaban J connectivity index is 1.63. The molecule has 1 atom stereocenters. The summed E-state index contributed by atoms with van der Waals surface area (Å²) in [4.78, 5) is 49.2. The van der Waals surface area contributed by atoms with Gasteiger partial charge in [-0.1, -0.05) is 19.9 Å². The number of rotatable bonds is 7. The maximum atomic E-state index is 12.7. The molecule has 3 rings (SSSR count). The molecule has 1 aliphatic rings. The molecule has 0 unspecified atom stereocenters. The van der Waals surface area contributed by atoms with E-state index in [0.29, 0.717) is 29.1 Å². The molecular formula is C23H25N3O6. The number of amides is 2. The fraction of sp³-hybridized carbons (Fsp3) is 0.348. The van der Waals surface area contributed by atoms with Crippen LogP contribution in [-0.2, 0) is 14.3 Å². The monoisotopic (exact) mass is 439 g/mol. The number of benzene rings is 2. The summed E-state index contributed by atoms with van der Waals surface area (Å²) >= 11 is 0. The van der Waals surface area contributed by atoms with Crippen molar-refractivity contribution in [2.75, 3.05) is 23.4 Å². The van der Waals surface area contributed by atoms with Gasteiger partial charge in [0.1, 0.15) is 0 Å². The molecule has 32 heavy (non-hydrogen) atoms. The van der Waals surface area contributed by atoms with Crippen molar-refractivity contribution in [3.05, 3.63) is 63.7 Å². The van der Waals surface area contributed by atoms with E-state index in [4.69, 9.17) is 4.74 Å². The molecule has 9 heteroatoms. The van der Waals surface area contributed by atoms with E-state index < -0.39 is 16.8 Å². The average molecular weight is 439 g/mol. The standard InChI is InChI=1S/C23H25N3O6/c1-14(2)13-32-23(29)16-5-7-18(8-6-16)24-22(28)17-10-21(27)25(12-17)19-9-4-15(3)20(11-19)26(30)31/h4-9,11,14,17H,10,12-13H2,1-3H3,(H,24,28)/t17-/m1/s1. The number of ether oxygens (including phenoxy) is 1. The Hall–Kier alpha value is -3.75. The number of nitrogens with one attached hydrogen (secondary N) is 1. The summed E-state index contributed by atoms with van der Waals surface area (Å²) in [7, 11) is 0. The molecule has 168 valence electrons. The van der Waals surface area contributed by atoms with Crippen molar-refractivity contribution < 1.29 is 24.0 Å². The summed E-state index contributed by atoms with van der Waals surface area (Å²) in [5.74, 6) is -1.40. The highest BCUT2D eigenvalue weighted by molar-refractivity contribution is 6.03. The first kappa shape index (κ1) is 22.9. The van der Waals surface area contributed by atoms with Crippen molar-refractivity contribution in [1.82, 2.24) is 0 Å². The fourth-order valence-electron chi connectivity index (χ4n) is 3.35. The van der Waals surface area contributed by atoms with Gasteiger partial charge in [0.15, 0.2) is 0 Å². The molecule has 0 radical (unpaired) electrons. The van der Waals surface area contributed by atoms with Gasteiger partial charge in [0, 0.05) is 30.3 Å². The number of esters is 1. The molecule has 1 fully saturated rings. The molecule has 1 aliphatic heterocycles. The first-order chi connectivity index (χ1) is 15.2. The number of hydrogen-bond donors (Lipinski definition) is 1. The van der Waals surface area contributed by atoms with Gasteiger partial charge in [-0.2, -0.15) is 0 Å². The van der Waals surface area contributed by atoms with Gasteiger partial charge in [-0.25, -0.2) is 4.79 Å². The molecule has 1 saturated heterocycles. The maximum absolute atomic E-state index is 12.7. The van der Waals surface area contributed by atoms with Gasteiger partial charge in [0.05, 0.1) is 28.7 Å². The van der Waals surface area contributed by atoms with Crippen molar-refractivity contribution in [2.24, 2.45) is 11.8 Å². The Kier molecular flexibility index (Phi) is 6.87. The van der Waals surface area contributed by atoms with E-state index in [9.17, 15) is 24.5 Å². The quantitative estimate of drug-likeness (QED) is 0.399. The van der Waals surface area contributed by atoms with Crippen molar-refractivity contribution in [3.8, 4) is 0 Å². The molecule has 0 saturated carbocycles. The minimum absolute atomic E-state index is 0.00706. The minimum atomic E-state index is -0.599. The predicted molar refractivity (Wildman–Crippen MR) is 118 cm³/mol. The zero-order chi connectivity index (χ0) is 23.4. The predicted octanol–water partition coefficient (Wildman–Crippen LogP) is 3.71. The molecule has 1 N–H and O–H groups in total. The number of aryl methyl sites for hydroxylation is 1. The van der Waals surface area contributed by atoms with Crippen molar-refractivity contribution in [1.29, 1.82) is 0 Å². The Morgan fingerprint density at radius 1 is 1.22 bits per heavy atom. The van der Waals surface area contributed by atoms with E-state index in [1.54, 1.807) is 43.3 Å². The van der Waals surface area contributed by atoms with Gasteiger partial charge in [-0.05, 0) is 43.2 Å². The van der Waals surface area contributed by atoms with Crippen molar-refractivity contribution in [3.63, 3.8) is 0 Å². The highest BCUT2D eigenvalue weighted by atomic mass is 16.6. The summed E-state index contributed by atoms with van der Waals surface area (Å²) in [6, 6.07) is 10.9. The van der Waals surface area contributed by atoms with Gasteiger partial charge >= 0.3 is 5.97 Å². The van der Waals surface area contributed by atoms with Crippen LogP contribution in [0.5, 0.6) is 0 Å². The molecule has 9 nitrogen and oxygen atoms in total. The summed E-state index contributed by atoms with van der Waals surface area (Å²) in [5, 5.41) is 13.9. The smallest absolute Gasteiger partial charge is 0.338 e. The third-order valence-electron chi connectivity index (χ3n) is 5.13. The van der Waals surface area contributed by atoms with Crippen LogP contribution in [0.2, 0.25) is 0 Å². The lowest BCUT2D eigenvalue weighted by Crippen LogP contribution is -2.28. The zero-order valence-electron chi connectivity index (χ0n) is 18.2. The Bertz CT molecular complexity index is 1050. The van der Waals surface area contributed by atoms with Crippen LogP contribution in [0.15, 0.2) is 42.5 Å². The summed E-state index contributed by atoms with van der Waals surface area (Å²) in [5.41, 5.74) is 1.69. The molecule has 2 amide bonds. The molecule has 2 aromatic carbocycles. The largest absolute Gasteiger partial charge is 0.462 e. The summed E-state index contributed by atoms with van der Waals surface area (Å²) in [6.07, 6.45) is 0.00706. The number of anilines is 2. The van der Waals surface area contributed by atoms with Crippen LogP contribution in [0.4, 0.5) is 17.1 Å². The first-order valence-electron chi connectivity index (χ1n) is 10.3. The van der Waals surface area contributed by atoms with E-state index in [1.165, 1.54) is 11.0 Å². The highest BCUT2D eigenvalue weighted by Crippen LogP contribution is 2.30. The second-order valence-electron chi connectivity index (χ2n) is 8.19. The molecule has 0 spiro atoms. The van der Waals surface area contributed by atoms with Crippen molar-refractivity contribution in [2.45, 2.75) is 27.2 Å². The molecule has 1 heterocycles. The number of hydrogen-bond acceptors (Lipinski definition) is 6. The third kappa shape index (κ3) is 5.29. The van der Waals surface area contributed by atoms with Crippen molar-refractivity contribution >= 4 is 34.8 Å². The fourth-order valence-corrected chi connectivity index (χ4v) is 3.35. The first-order valence-corrected chi connectivity index (χ1v) is 10.3. The number of nitro benzene ring substituents is 1. The zero-order valence-corrected chi connectivity index (χ0v) is 18.2. The number of carbonyl (C=O) groups excluding carboxylic acids is 3. The van der Waals surface area contributed by atoms with Crippen LogP contribution < -0.4 is 10.2 Å². The molecule has 2 aromatic rings.